The lowest BCUT2D eigenvalue weighted by Crippen LogP contribution is -2.27. The topological polar surface area (TPSA) is 111 Å². The molecule has 1 fully saturated rings. The number of nitrogens with two attached hydrogens (primary N) is 1. The number of aromatic nitrogens is 1. The minimum atomic E-state index is -1.15. The fraction of sp³-hybridized carbons (Fsp3) is 0.200. The first-order valence-electron chi connectivity index (χ1n) is 12.4. The van der Waals surface area contributed by atoms with E-state index in [1.807, 2.05) is 72.5 Å². The zero-order valence-corrected chi connectivity index (χ0v) is 20.8. The fourth-order valence-corrected chi connectivity index (χ4v) is 5.02. The third-order valence-electron chi connectivity index (χ3n) is 7.05. The maximum absolute atomic E-state index is 12.7. The van der Waals surface area contributed by atoms with Crippen molar-refractivity contribution in [2.75, 3.05) is 18.4 Å². The van der Waals surface area contributed by atoms with Gasteiger partial charge in [-0.1, -0.05) is 43.0 Å². The molecule has 4 aromatic rings. The van der Waals surface area contributed by atoms with Crippen molar-refractivity contribution in [1.82, 2.24) is 9.88 Å². The van der Waals surface area contributed by atoms with Gasteiger partial charge in [0.25, 0.3) is 5.91 Å². The summed E-state index contributed by atoms with van der Waals surface area (Å²) in [4.78, 5) is 30.0. The Hall–Kier alpha value is -4.20. The van der Waals surface area contributed by atoms with Gasteiger partial charge in [0, 0.05) is 41.0 Å². The zero-order valence-electron chi connectivity index (χ0n) is 20.8. The summed E-state index contributed by atoms with van der Waals surface area (Å²) in [5.41, 5.74) is 13.1. The molecule has 37 heavy (non-hydrogen) atoms. The third-order valence-corrected chi connectivity index (χ3v) is 7.05. The largest absolute Gasteiger partial charge is 0.374 e. The monoisotopic (exact) mass is 494 g/mol. The van der Waals surface area contributed by atoms with Crippen LogP contribution in [0.5, 0.6) is 0 Å². The minimum absolute atomic E-state index is 0.0652. The Morgan fingerprint density at radius 3 is 2.49 bits per heavy atom. The van der Waals surface area contributed by atoms with Crippen LogP contribution in [0.2, 0.25) is 0 Å². The lowest BCUT2D eigenvalue weighted by atomic mass is 9.94. The number of likely N-dealkylation sites (tertiary alicyclic amines) is 1. The summed E-state index contributed by atoms with van der Waals surface area (Å²) in [6.07, 6.45) is 2.20. The number of nitrogens with one attached hydrogen (secondary N) is 2. The number of carbonyl (C=O) groups is 2. The Balaban J connectivity index is 1.57. The number of nitrogens with zero attached hydrogens (tertiary/aromatic N) is 1. The summed E-state index contributed by atoms with van der Waals surface area (Å²) >= 11 is 0. The predicted molar refractivity (Wildman–Crippen MR) is 147 cm³/mol. The van der Waals surface area contributed by atoms with Crippen molar-refractivity contribution < 1.29 is 14.7 Å². The molecule has 5 N–H and O–H groups in total. The molecule has 1 aliphatic heterocycles. The number of amides is 2. The standard InChI is InChI=1S/C30H30N4O3/c1-3-27(35)32-25-8-6-7-21(18(25)2)22-13-14-23(29(31)36)28-24(22)17-26(33-28)19-9-11-20(12-10-19)30(37)34-15-4-5-16-34/h3,6-14,17,29,33,36H,1,4-5,15-16,31H2,2H3,(H,32,35). The van der Waals surface area contributed by atoms with Crippen LogP contribution in [0.3, 0.4) is 0 Å². The van der Waals surface area contributed by atoms with Gasteiger partial charge in [-0.15, -0.1) is 0 Å². The van der Waals surface area contributed by atoms with E-state index < -0.39 is 6.23 Å². The molecule has 2 amide bonds. The van der Waals surface area contributed by atoms with Crippen LogP contribution < -0.4 is 11.1 Å². The van der Waals surface area contributed by atoms with Crippen molar-refractivity contribution in [3.8, 4) is 22.4 Å². The van der Waals surface area contributed by atoms with Gasteiger partial charge in [-0.25, -0.2) is 0 Å². The molecule has 5 rings (SSSR count). The fourth-order valence-electron chi connectivity index (χ4n) is 5.02. The van der Waals surface area contributed by atoms with Crippen LogP contribution in [-0.2, 0) is 4.79 Å². The quantitative estimate of drug-likeness (QED) is 0.220. The van der Waals surface area contributed by atoms with Crippen LogP contribution >= 0.6 is 0 Å². The highest BCUT2D eigenvalue weighted by Crippen LogP contribution is 2.38. The van der Waals surface area contributed by atoms with E-state index in [4.69, 9.17) is 5.73 Å². The van der Waals surface area contributed by atoms with Gasteiger partial charge in [0.05, 0.1) is 5.52 Å². The van der Waals surface area contributed by atoms with Crippen LogP contribution in [0.1, 0.15) is 40.6 Å². The second-order valence-corrected chi connectivity index (χ2v) is 9.37. The highest BCUT2D eigenvalue weighted by Gasteiger charge is 2.20. The number of aliphatic hydroxyl groups excluding tert-OH is 1. The third kappa shape index (κ3) is 4.67. The van der Waals surface area contributed by atoms with Crippen molar-refractivity contribution >= 4 is 28.4 Å². The van der Waals surface area contributed by atoms with Gasteiger partial charge in [-0.3, -0.25) is 9.59 Å². The number of benzene rings is 3. The van der Waals surface area contributed by atoms with Gasteiger partial charge in [-0.05, 0) is 72.4 Å². The molecule has 7 heteroatoms. The molecule has 7 nitrogen and oxygen atoms in total. The van der Waals surface area contributed by atoms with E-state index in [2.05, 4.69) is 16.9 Å². The smallest absolute Gasteiger partial charge is 0.253 e. The molecule has 0 spiro atoms. The second kappa shape index (κ2) is 10.0. The van der Waals surface area contributed by atoms with Gasteiger partial charge in [0.1, 0.15) is 6.23 Å². The van der Waals surface area contributed by atoms with Crippen molar-refractivity contribution in [1.29, 1.82) is 0 Å². The molecule has 188 valence electrons. The van der Waals surface area contributed by atoms with E-state index in [9.17, 15) is 14.7 Å². The molecule has 0 bridgehead atoms. The lowest BCUT2D eigenvalue weighted by molar-refractivity contribution is -0.111. The normalized spacial score (nSPS) is 14.1. The average molecular weight is 495 g/mol. The average Bonchev–Trinajstić information content (AvgIpc) is 3.60. The number of aliphatic hydroxyl groups is 1. The number of anilines is 1. The maximum atomic E-state index is 12.7. The van der Waals surface area contributed by atoms with Crippen molar-refractivity contribution in [3.05, 3.63) is 90.0 Å². The zero-order chi connectivity index (χ0) is 26.1. The lowest BCUT2D eigenvalue weighted by Gasteiger charge is -2.15. The molecule has 0 aliphatic carbocycles. The van der Waals surface area contributed by atoms with E-state index in [0.717, 1.165) is 64.8 Å². The molecule has 0 saturated carbocycles. The summed E-state index contributed by atoms with van der Waals surface area (Å²) in [5, 5.41) is 14.0. The van der Waals surface area contributed by atoms with Crippen LogP contribution in [0.15, 0.2) is 73.3 Å². The van der Waals surface area contributed by atoms with Crippen molar-refractivity contribution in [2.45, 2.75) is 26.0 Å². The number of hydrogen-bond donors (Lipinski definition) is 4. The summed E-state index contributed by atoms with van der Waals surface area (Å²) in [5.74, 6) is -0.210. The molecule has 1 saturated heterocycles. The van der Waals surface area contributed by atoms with Crippen molar-refractivity contribution in [2.24, 2.45) is 5.73 Å². The van der Waals surface area contributed by atoms with Crippen LogP contribution in [-0.4, -0.2) is 39.9 Å². The van der Waals surface area contributed by atoms with E-state index in [1.165, 1.54) is 6.08 Å². The molecular formula is C30H30N4O3. The van der Waals surface area contributed by atoms with Gasteiger partial charge in [0.15, 0.2) is 0 Å². The maximum Gasteiger partial charge on any atom is 0.253 e. The molecule has 1 aromatic heterocycles. The molecular weight excluding hydrogens is 464 g/mol. The summed E-state index contributed by atoms with van der Waals surface area (Å²) in [6.45, 7) is 7.11. The number of fused-ring (bicyclic) bond motifs is 1. The number of carbonyl (C=O) groups excluding carboxylic acids is 2. The highest BCUT2D eigenvalue weighted by atomic mass is 16.3. The first-order chi connectivity index (χ1) is 17.9. The van der Waals surface area contributed by atoms with E-state index in [0.29, 0.717) is 16.8 Å². The van der Waals surface area contributed by atoms with Crippen LogP contribution in [0.25, 0.3) is 33.3 Å². The van der Waals surface area contributed by atoms with Gasteiger partial charge in [0.2, 0.25) is 5.91 Å². The highest BCUT2D eigenvalue weighted by molar-refractivity contribution is 6.03. The number of rotatable bonds is 6. The first kappa shape index (κ1) is 24.5. The van der Waals surface area contributed by atoms with Gasteiger partial charge < -0.3 is 26.0 Å². The Bertz CT molecular complexity index is 1500. The van der Waals surface area contributed by atoms with Crippen LogP contribution in [0, 0.1) is 6.92 Å². The van der Waals surface area contributed by atoms with Crippen LogP contribution in [0.4, 0.5) is 5.69 Å². The predicted octanol–water partition coefficient (Wildman–Crippen LogP) is 5.12. The Morgan fingerprint density at radius 2 is 1.81 bits per heavy atom. The second-order valence-electron chi connectivity index (χ2n) is 9.37. The summed E-state index contributed by atoms with van der Waals surface area (Å²) in [6, 6.07) is 19.1. The molecule has 1 unspecified atom stereocenters. The van der Waals surface area contributed by atoms with Gasteiger partial charge >= 0.3 is 0 Å². The Labute approximate surface area is 215 Å². The minimum Gasteiger partial charge on any atom is -0.374 e. The molecule has 2 heterocycles. The van der Waals surface area contributed by atoms with Crippen molar-refractivity contribution in [3.63, 3.8) is 0 Å². The molecule has 3 aromatic carbocycles. The van der Waals surface area contributed by atoms with E-state index in [-0.39, 0.29) is 11.8 Å². The molecule has 1 atom stereocenters. The van der Waals surface area contributed by atoms with E-state index in [1.54, 1.807) is 0 Å². The van der Waals surface area contributed by atoms with E-state index >= 15 is 0 Å². The molecule has 0 radical (unpaired) electrons. The number of hydrogen-bond acceptors (Lipinski definition) is 4. The molecule has 1 aliphatic rings. The number of aromatic amines is 1. The summed E-state index contributed by atoms with van der Waals surface area (Å²) in [7, 11) is 0. The van der Waals surface area contributed by atoms with Gasteiger partial charge in [-0.2, -0.15) is 0 Å². The first-order valence-corrected chi connectivity index (χ1v) is 12.4. The SMILES string of the molecule is C=CC(=O)Nc1cccc(-c2ccc(C(N)O)c3[nH]c(-c4ccc(C(=O)N5CCCC5)cc4)cc23)c1C. The Morgan fingerprint density at radius 1 is 1.08 bits per heavy atom. The number of H-pyrrole nitrogens is 1. The summed E-state index contributed by atoms with van der Waals surface area (Å²) < 4.78 is 0. The Kier molecular flexibility index (Phi) is 6.65.